The third-order valence-electron chi connectivity index (χ3n) is 4.51. The van der Waals surface area contributed by atoms with Gasteiger partial charge < -0.3 is 15.8 Å². The number of fused-ring (bicyclic) bond motifs is 1. The van der Waals surface area contributed by atoms with Gasteiger partial charge in [0.15, 0.2) is 5.65 Å². The minimum atomic E-state index is -3.07. The molecule has 0 saturated carbocycles. The van der Waals surface area contributed by atoms with Crippen LogP contribution in [0.1, 0.15) is 10.4 Å². The average molecular weight is 473 g/mol. The largest absolute Gasteiger partial charge is 0.434 e. The average Bonchev–Trinajstić information content (AvgIpc) is 3.37. The number of hydrogen-bond donors (Lipinski definition) is 2. The highest BCUT2D eigenvalue weighted by Crippen LogP contribution is 2.37. The predicted octanol–water partition coefficient (Wildman–Crippen LogP) is 2.65. The molecule has 13 heteroatoms. The summed E-state index contributed by atoms with van der Waals surface area (Å²) in [6.07, 6.45) is 7.71. The van der Waals surface area contributed by atoms with Gasteiger partial charge in [-0.1, -0.05) is 0 Å². The van der Waals surface area contributed by atoms with Gasteiger partial charge >= 0.3 is 6.61 Å². The van der Waals surface area contributed by atoms with Crippen LogP contribution in [-0.2, 0) is 11.3 Å². The minimum absolute atomic E-state index is 0.126. The van der Waals surface area contributed by atoms with Gasteiger partial charge in [-0.15, -0.1) is 11.8 Å². The number of benzene rings is 1. The fourth-order valence-corrected chi connectivity index (χ4v) is 3.59. The molecule has 4 aromatic rings. The van der Waals surface area contributed by atoms with Crippen molar-refractivity contribution in [3.05, 3.63) is 54.6 Å². The van der Waals surface area contributed by atoms with E-state index in [0.717, 1.165) is 4.90 Å². The number of carbonyl (C=O) groups excluding carboxylic acids is 2. The molecule has 0 bridgehead atoms. The number of amides is 2. The molecule has 3 aromatic heterocycles. The molecule has 0 atom stereocenters. The summed E-state index contributed by atoms with van der Waals surface area (Å²) in [5, 5.41) is 11.1. The Hall–Kier alpha value is -4.00. The molecular formula is C20H17F2N7O3S. The van der Waals surface area contributed by atoms with E-state index in [1.165, 1.54) is 45.6 Å². The van der Waals surface area contributed by atoms with Crippen LogP contribution in [0.3, 0.4) is 0 Å². The Morgan fingerprint density at radius 1 is 1.33 bits per heavy atom. The molecule has 33 heavy (non-hydrogen) atoms. The zero-order valence-corrected chi connectivity index (χ0v) is 17.9. The Balaban J connectivity index is 1.79. The van der Waals surface area contributed by atoms with E-state index in [1.807, 2.05) is 6.26 Å². The van der Waals surface area contributed by atoms with Gasteiger partial charge in [-0.2, -0.15) is 19.0 Å². The summed E-state index contributed by atoms with van der Waals surface area (Å²) in [4.78, 5) is 29.3. The summed E-state index contributed by atoms with van der Waals surface area (Å²) < 4.78 is 33.3. The Kier molecular flexibility index (Phi) is 6.22. The number of thioether (sulfide) groups is 1. The highest BCUT2D eigenvalue weighted by molar-refractivity contribution is 7.98. The molecule has 10 nitrogen and oxygen atoms in total. The quantitative estimate of drug-likeness (QED) is 0.376. The number of ether oxygens (including phenoxy) is 1. The molecule has 0 fully saturated rings. The zero-order valence-electron chi connectivity index (χ0n) is 17.1. The normalized spacial score (nSPS) is 11.2. The van der Waals surface area contributed by atoms with E-state index in [4.69, 9.17) is 5.73 Å². The summed E-state index contributed by atoms with van der Waals surface area (Å²) in [5.74, 6) is -1.36. The number of anilines is 1. The first-order valence-corrected chi connectivity index (χ1v) is 10.7. The summed E-state index contributed by atoms with van der Waals surface area (Å²) in [6, 6.07) is 6.28. The molecule has 0 aliphatic heterocycles. The van der Waals surface area contributed by atoms with Crippen LogP contribution in [0.15, 0.2) is 53.9 Å². The Bertz CT molecular complexity index is 1340. The van der Waals surface area contributed by atoms with Crippen molar-refractivity contribution in [2.75, 3.05) is 11.6 Å². The molecule has 0 spiro atoms. The maximum absolute atomic E-state index is 13.0. The fourth-order valence-electron chi connectivity index (χ4n) is 3.15. The summed E-state index contributed by atoms with van der Waals surface area (Å²) >= 11 is 1.38. The molecule has 3 heterocycles. The molecule has 0 aliphatic carbocycles. The molecular weight excluding hydrogens is 456 g/mol. The van der Waals surface area contributed by atoms with Gasteiger partial charge in [0, 0.05) is 29.0 Å². The summed E-state index contributed by atoms with van der Waals surface area (Å²) in [6.45, 7) is -3.35. The number of nitrogens with two attached hydrogens (primary N) is 1. The SMILES string of the molecule is CSc1ccc(OC(F)F)c(-c2nn(CC(N)=O)cc2NC(=O)c2cnn3cccnc23)c1. The Morgan fingerprint density at radius 2 is 2.15 bits per heavy atom. The van der Waals surface area contributed by atoms with Crippen molar-refractivity contribution < 1.29 is 23.1 Å². The van der Waals surface area contributed by atoms with Gasteiger partial charge in [-0.3, -0.25) is 14.3 Å². The lowest BCUT2D eigenvalue weighted by atomic mass is 10.1. The van der Waals surface area contributed by atoms with Crippen LogP contribution >= 0.6 is 11.8 Å². The van der Waals surface area contributed by atoms with Crippen LogP contribution in [0.2, 0.25) is 0 Å². The predicted molar refractivity (Wildman–Crippen MR) is 116 cm³/mol. The number of alkyl halides is 2. The topological polar surface area (TPSA) is 129 Å². The molecule has 0 radical (unpaired) electrons. The Morgan fingerprint density at radius 3 is 2.88 bits per heavy atom. The van der Waals surface area contributed by atoms with Crippen molar-refractivity contribution in [1.29, 1.82) is 0 Å². The van der Waals surface area contributed by atoms with Crippen molar-refractivity contribution in [2.24, 2.45) is 5.73 Å². The number of aromatic nitrogens is 5. The molecule has 0 unspecified atom stereocenters. The number of rotatable bonds is 8. The van der Waals surface area contributed by atoms with E-state index in [1.54, 1.807) is 24.4 Å². The van der Waals surface area contributed by atoms with Gasteiger partial charge in [0.2, 0.25) is 5.91 Å². The molecule has 0 saturated heterocycles. The first-order valence-electron chi connectivity index (χ1n) is 9.44. The summed E-state index contributed by atoms with van der Waals surface area (Å²) in [7, 11) is 0. The zero-order chi connectivity index (χ0) is 23.5. The lowest BCUT2D eigenvalue weighted by Gasteiger charge is -2.12. The van der Waals surface area contributed by atoms with Gasteiger partial charge in [0.1, 0.15) is 23.6 Å². The molecule has 1 aromatic carbocycles. The lowest BCUT2D eigenvalue weighted by Crippen LogP contribution is -2.19. The van der Waals surface area contributed by atoms with E-state index >= 15 is 0 Å². The molecule has 2 amide bonds. The van der Waals surface area contributed by atoms with Crippen molar-refractivity contribution in [3.8, 4) is 17.0 Å². The Labute approximate surface area is 189 Å². The van der Waals surface area contributed by atoms with Crippen LogP contribution in [0.4, 0.5) is 14.5 Å². The first-order chi connectivity index (χ1) is 15.9. The molecule has 170 valence electrons. The number of hydrogen-bond acceptors (Lipinski definition) is 7. The number of halogens is 2. The maximum Gasteiger partial charge on any atom is 0.387 e. The van der Waals surface area contributed by atoms with Crippen LogP contribution in [0.5, 0.6) is 5.75 Å². The van der Waals surface area contributed by atoms with Gasteiger partial charge in [0.05, 0.1) is 11.9 Å². The van der Waals surface area contributed by atoms with E-state index < -0.39 is 18.4 Å². The van der Waals surface area contributed by atoms with Gasteiger partial charge in [-0.05, 0) is 30.5 Å². The molecule has 4 rings (SSSR count). The van der Waals surface area contributed by atoms with Crippen LogP contribution in [0.25, 0.3) is 16.9 Å². The van der Waals surface area contributed by atoms with Crippen LogP contribution in [-0.4, -0.2) is 49.1 Å². The molecule has 3 N–H and O–H groups in total. The number of carbonyl (C=O) groups is 2. The maximum atomic E-state index is 13.0. The third kappa shape index (κ3) is 4.77. The fraction of sp³-hybridized carbons (Fsp3) is 0.150. The van der Waals surface area contributed by atoms with E-state index in [-0.39, 0.29) is 34.8 Å². The minimum Gasteiger partial charge on any atom is -0.434 e. The molecule has 0 aliphatic rings. The van der Waals surface area contributed by atoms with E-state index in [0.29, 0.717) is 5.65 Å². The summed E-state index contributed by atoms with van der Waals surface area (Å²) in [5.41, 5.74) is 6.28. The third-order valence-corrected chi connectivity index (χ3v) is 5.23. The van der Waals surface area contributed by atoms with Crippen molar-refractivity contribution in [2.45, 2.75) is 18.1 Å². The van der Waals surface area contributed by atoms with Gasteiger partial charge in [-0.25, -0.2) is 9.50 Å². The monoisotopic (exact) mass is 473 g/mol. The number of nitrogens with zero attached hydrogens (tertiary/aromatic N) is 5. The van der Waals surface area contributed by atoms with Crippen LogP contribution in [0, 0.1) is 0 Å². The highest BCUT2D eigenvalue weighted by atomic mass is 32.2. The van der Waals surface area contributed by atoms with Crippen LogP contribution < -0.4 is 15.8 Å². The van der Waals surface area contributed by atoms with Crippen molar-refractivity contribution in [3.63, 3.8) is 0 Å². The first kappa shape index (κ1) is 22.2. The van der Waals surface area contributed by atoms with E-state index in [2.05, 4.69) is 25.2 Å². The standard InChI is InChI=1S/C20H17F2N7O3S/c1-33-11-3-4-15(32-20(21)22)12(7-11)17-14(9-28(27-17)10-16(23)30)26-19(31)13-8-25-29-6-2-5-24-18(13)29/h2-9,20H,10H2,1H3,(H2,23,30)(H,26,31). The number of nitrogens with one attached hydrogen (secondary N) is 1. The van der Waals surface area contributed by atoms with Crippen molar-refractivity contribution in [1.82, 2.24) is 24.4 Å². The second-order valence-corrected chi connectivity index (χ2v) is 7.58. The smallest absolute Gasteiger partial charge is 0.387 e. The second-order valence-electron chi connectivity index (χ2n) is 6.70. The van der Waals surface area contributed by atoms with E-state index in [9.17, 15) is 18.4 Å². The highest BCUT2D eigenvalue weighted by Gasteiger charge is 2.22. The van der Waals surface area contributed by atoms with Gasteiger partial charge in [0.25, 0.3) is 5.91 Å². The number of primary amides is 1. The second kappa shape index (κ2) is 9.24. The lowest BCUT2D eigenvalue weighted by molar-refractivity contribution is -0.118. The van der Waals surface area contributed by atoms with Crippen molar-refractivity contribution >= 4 is 34.9 Å².